The van der Waals surface area contributed by atoms with Gasteiger partial charge in [0.2, 0.25) is 0 Å². The summed E-state index contributed by atoms with van der Waals surface area (Å²) in [5, 5.41) is 36.3. The van der Waals surface area contributed by atoms with Gasteiger partial charge in [-0.05, 0) is 6.07 Å². The number of carboxylic acid groups (broad SMARTS) is 4. The predicted octanol–water partition coefficient (Wildman–Crippen LogP) is 0.545. The second-order valence-corrected chi connectivity index (χ2v) is 4.18. The Labute approximate surface area is 117 Å². The summed E-state index contributed by atoms with van der Waals surface area (Å²) in [6.45, 7) is 0. The van der Waals surface area contributed by atoms with E-state index in [0.717, 1.165) is 6.07 Å². The minimum Gasteiger partial charge on any atom is -0.478 e. The summed E-state index contributed by atoms with van der Waals surface area (Å²) in [5.41, 5.74) is -3.94. The fraction of sp³-hybridized carbons (Fsp3) is 0.167. The Morgan fingerprint density at radius 2 is 1.19 bits per heavy atom. The number of anilines is 1. The maximum atomic E-state index is 11.3. The van der Waals surface area contributed by atoms with Gasteiger partial charge in [0.15, 0.2) is 0 Å². The topological polar surface area (TPSA) is 152 Å². The van der Waals surface area contributed by atoms with Crippen molar-refractivity contribution in [1.82, 2.24) is 0 Å². The molecule has 0 unspecified atom stereocenters. The fourth-order valence-corrected chi connectivity index (χ4v) is 1.84. The Morgan fingerprint density at radius 3 is 1.48 bits per heavy atom. The molecule has 0 fully saturated rings. The van der Waals surface area contributed by atoms with Crippen molar-refractivity contribution in [3.63, 3.8) is 0 Å². The first-order valence-corrected chi connectivity index (χ1v) is 5.41. The highest BCUT2D eigenvalue weighted by atomic mass is 16.4. The molecule has 9 heteroatoms. The van der Waals surface area contributed by atoms with Crippen LogP contribution in [0.4, 0.5) is 5.69 Å². The highest BCUT2D eigenvalue weighted by Crippen LogP contribution is 2.29. The second kappa shape index (κ2) is 5.49. The minimum absolute atomic E-state index is 0.220. The van der Waals surface area contributed by atoms with Gasteiger partial charge in [-0.15, -0.1) is 0 Å². The Balaban J connectivity index is 4.08. The second-order valence-electron chi connectivity index (χ2n) is 4.18. The summed E-state index contributed by atoms with van der Waals surface area (Å²) >= 11 is 0. The van der Waals surface area contributed by atoms with Gasteiger partial charge in [0, 0.05) is 14.1 Å². The summed E-state index contributed by atoms with van der Waals surface area (Å²) in [4.78, 5) is 46.0. The fourth-order valence-electron chi connectivity index (χ4n) is 1.84. The monoisotopic (exact) mass is 297 g/mol. The lowest BCUT2D eigenvalue weighted by Crippen LogP contribution is -2.23. The molecule has 0 saturated heterocycles. The van der Waals surface area contributed by atoms with Gasteiger partial charge in [0.05, 0.1) is 27.9 Å². The highest BCUT2D eigenvalue weighted by Gasteiger charge is 2.32. The van der Waals surface area contributed by atoms with Crippen molar-refractivity contribution in [2.75, 3.05) is 19.0 Å². The predicted molar refractivity (Wildman–Crippen MR) is 68.6 cm³/mol. The number of carbonyl (C=O) groups is 4. The minimum atomic E-state index is -1.84. The van der Waals surface area contributed by atoms with Crippen LogP contribution in [0.5, 0.6) is 0 Å². The van der Waals surface area contributed by atoms with Crippen molar-refractivity contribution in [2.24, 2.45) is 0 Å². The number of benzene rings is 1. The van der Waals surface area contributed by atoms with E-state index >= 15 is 0 Å². The molecule has 0 aromatic heterocycles. The standard InChI is InChI=1S/C12H11NO8/c1-13(2)5-3-4(9(14)15)6(10(16)17)8(12(20)21)7(5)11(18)19/h3H,1-2H3,(H,14,15)(H,16,17)(H,18,19)(H,20,21). The van der Waals surface area contributed by atoms with Crippen molar-refractivity contribution < 1.29 is 39.6 Å². The molecule has 112 valence electrons. The summed E-state index contributed by atoms with van der Waals surface area (Å²) < 4.78 is 0. The van der Waals surface area contributed by atoms with Crippen LogP contribution in [0.3, 0.4) is 0 Å². The normalized spacial score (nSPS) is 10.0. The quantitative estimate of drug-likeness (QED) is 0.610. The summed E-state index contributed by atoms with van der Waals surface area (Å²) in [5.74, 6) is -7.01. The van der Waals surface area contributed by atoms with Gasteiger partial charge in [-0.2, -0.15) is 0 Å². The molecule has 0 spiro atoms. The molecule has 0 saturated carbocycles. The van der Waals surface area contributed by atoms with Gasteiger partial charge in [0.25, 0.3) is 0 Å². The Morgan fingerprint density at radius 1 is 0.762 bits per heavy atom. The van der Waals surface area contributed by atoms with Gasteiger partial charge in [-0.3, -0.25) is 0 Å². The highest BCUT2D eigenvalue weighted by molar-refractivity contribution is 6.16. The first kappa shape index (κ1) is 16.0. The lowest BCUT2D eigenvalue weighted by molar-refractivity contribution is 0.0620. The van der Waals surface area contributed by atoms with E-state index < -0.39 is 46.1 Å². The Kier molecular flexibility index (Phi) is 4.17. The van der Waals surface area contributed by atoms with E-state index in [0.29, 0.717) is 0 Å². The van der Waals surface area contributed by atoms with E-state index in [1.807, 2.05) is 0 Å². The van der Waals surface area contributed by atoms with Crippen molar-refractivity contribution in [1.29, 1.82) is 0 Å². The molecule has 1 aromatic rings. The Hall–Kier alpha value is -3.10. The van der Waals surface area contributed by atoms with Crippen molar-refractivity contribution in [3.8, 4) is 0 Å². The van der Waals surface area contributed by atoms with E-state index in [2.05, 4.69) is 0 Å². The molecule has 21 heavy (non-hydrogen) atoms. The largest absolute Gasteiger partial charge is 0.478 e. The van der Waals surface area contributed by atoms with Crippen molar-refractivity contribution in [2.45, 2.75) is 0 Å². The van der Waals surface area contributed by atoms with Gasteiger partial charge >= 0.3 is 23.9 Å². The first-order valence-electron chi connectivity index (χ1n) is 5.41. The lowest BCUT2D eigenvalue weighted by atomic mass is 9.93. The van der Waals surface area contributed by atoms with Gasteiger partial charge in [0.1, 0.15) is 0 Å². The zero-order valence-electron chi connectivity index (χ0n) is 10.9. The molecule has 4 N–H and O–H groups in total. The van der Waals surface area contributed by atoms with Crippen LogP contribution < -0.4 is 4.90 Å². The number of nitrogens with zero attached hydrogens (tertiary/aromatic N) is 1. The van der Waals surface area contributed by atoms with Crippen molar-refractivity contribution >= 4 is 29.6 Å². The molecular formula is C12H11NO8. The third-order valence-corrected chi connectivity index (χ3v) is 2.66. The molecular weight excluding hydrogens is 286 g/mol. The molecule has 0 heterocycles. The SMILES string of the molecule is CN(C)c1cc(C(=O)O)c(C(=O)O)c(C(=O)O)c1C(=O)O. The molecule has 1 rings (SSSR count). The zero-order valence-corrected chi connectivity index (χ0v) is 10.9. The lowest BCUT2D eigenvalue weighted by Gasteiger charge is -2.19. The molecule has 0 aliphatic heterocycles. The smallest absolute Gasteiger partial charge is 0.338 e. The van der Waals surface area contributed by atoms with Gasteiger partial charge < -0.3 is 25.3 Å². The number of carboxylic acids is 4. The maximum Gasteiger partial charge on any atom is 0.338 e. The number of rotatable bonds is 5. The van der Waals surface area contributed by atoms with Crippen LogP contribution in [-0.2, 0) is 0 Å². The number of hydrogen-bond donors (Lipinski definition) is 4. The number of hydrogen-bond acceptors (Lipinski definition) is 5. The maximum absolute atomic E-state index is 11.3. The van der Waals surface area contributed by atoms with Crippen LogP contribution in [0.1, 0.15) is 41.4 Å². The zero-order chi connectivity index (χ0) is 16.5. The van der Waals surface area contributed by atoms with Crippen LogP contribution in [0, 0.1) is 0 Å². The molecule has 1 aromatic carbocycles. The first-order chi connectivity index (χ1) is 9.59. The van der Waals surface area contributed by atoms with E-state index in [-0.39, 0.29) is 5.69 Å². The average molecular weight is 297 g/mol. The average Bonchev–Trinajstić information content (AvgIpc) is 2.34. The van der Waals surface area contributed by atoms with Crippen LogP contribution >= 0.6 is 0 Å². The van der Waals surface area contributed by atoms with E-state index in [9.17, 15) is 19.2 Å². The summed E-state index contributed by atoms with van der Waals surface area (Å²) in [7, 11) is 2.75. The third-order valence-electron chi connectivity index (χ3n) is 2.66. The Bertz CT molecular complexity index is 662. The molecule has 0 amide bonds. The molecule has 0 aliphatic rings. The van der Waals surface area contributed by atoms with Crippen LogP contribution in [0.15, 0.2) is 6.07 Å². The molecule has 9 nitrogen and oxygen atoms in total. The summed E-state index contributed by atoms with van der Waals surface area (Å²) in [6.07, 6.45) is 0. The number of aromatic carboxylic acids is 4. The van der Waals surface area contributed by atoms with Crippen LogP contribution in [0.2, 0.25) is 0 Å². The molecule has 0 atom stereocenters. The van der Waals surface area contributed by atoms with Gasteiger partial charge in [-0.25, -0.2) is 19.2 Å². The van der Waals surface area contributed by atoms with Crippen LogP contribution in [-0.4, -0.2) is 58.4 Å². The third kappa shape index (κ3) is 2.76. The molecule has 0 aliphatic carbocycles. The van der Waals surface area contributed by atoms with E-state index in [1.54, 1.807) is 0 Å². The van der Waals surface area contributed by atoms with Crippen LogP contribution in [0.25, 0.3) is 0 Å². The molecule has 0 bridgehead atoms. The van der Waals surface area contributed by atoms with Crippen molar-refractivity contribution in [3.05, 3.63) is 28.3 Å². The van der Waals surface area contributed by atoms with E-state index in [1.165, 1.54) is 19.0 Å². The van der Waals surface area contributed by atoms with E-state index in [4.69, 9.17) is 20.4 Å². The van der Waals surface area contributed by atoms with Gasteiger partial charge in [-0.1, -0.05) is 0 Å². The summed E-state index contributed by atoms with van der Waals surface area (Å²) in [6, 6.07) is 0.821. The molecule has 0 radical (unpaired) electrons.